The van der Waals surface area contributed by atoms with Crippen LogP contribution in [0, 0.1) is 11.6 Å². The maximum atomic E-state index is 15.2. The summed E-state index contributed by atoms with van der Waals surface area (Å²) in [6.45, 7) is 1.93. The zero-order chi connectivity index (χ0) is 28.0. The lowest BCUT2D eigenvalue weighted by Crippen LogP contribution is -2.29. The van der Waals surface area contributed by atoms with E-state index in [1.807, 2.05) is 6.92 Å². The third-order valence-electron chi connectivity index (χ3n) is 6.69. The summed E-state index contributed by atoms with van der Waals surface area (Å²) in [5, 5.41) is 19.7. The monoisotopic (exact) mass is 577 g/mol. The number of amides is 1. The summed E-state index contributed by atoms with van der Waals surface area (Å²) < 4.78 is 34.6. The van der Waals surface area contributed by atoms with E-state index < -0.39 is 29.3 Å². The van der Waals surface area contributed by atoms with Crippen molar-refractivity contribution in [3.8, 4) is 5.75 Å². The van der Waals surface area contributed by atoms with Gasteiger partial charge in [0.1, 0.15) is 35.3 Å². The molecule has 3 aromatic carbocycles. The average molecular weight is 578 g/mol. The number of hydrogen-bond acceptors (Lipinski definition) is 8. The topological polar surface area (TPSA) is 92.6 Å². The van der Waals surface area contributed by atoms with Gasteiger partial charge in [-0.2, -0.15) is 0 Å². The summed E-state index contributed by atoms with van der Waals surface area (Å²) in [6.07, 6.45) is 0.605. The summed E-state index contributed by atoms with van der Waals surface area (Å²) in [5.74, 6) is -2.12. The van der Waals surface area contributed by atoms with Gasteiger partial charge in [-0.1, -0.05) is 53.4 Å². The second kappa shape index (κ2) is 10.5. The number of aliphatic hydroxyl groups is 1. The van der Waals surface area contributed by atoms with Gasteiger partial charge >= 0.3 is 5.91 Å². The van der Waals surface area contributed by atoms with E-state index in [0.717, 1.165) is 27.4 Å². The maximum absolute atomic E-state index is 15.2. The van der Waals surface area contributed by atoms with Gasteiger partial charge in [-0.15, -0.1) is 10.2 Å². The highest BCUT2D eigenvalue weighted by atomic mass is 32.2. The van der Waals surface area contributed by atoms with E-state index in [0.29, 0.717) is 27.8 Å². The van der Waals surface area contributed by atoms with Crippen LogP contribution in [0.4, 0.5) is 13.9 Å². The van der Waals surface area contributed by atoms with Gasteiger partial charge in [0.2, 0.25) is 5.13 Å². The Kier molecular flexibility index (Phi) is 6.85. The SMILES string of the molecule is CC1Cc2cc(/C(O)=C3\C(=O)C(=O)N(c4nnc(SCc5ccc(F)cc5)s4)C3c3ccccc3F)ccc2O1. The highest BCUT2D eigenvalue weighted by Gasteiger charge is 2.49. The Labute approximate surface area is 236 Å². The fourth-order valence-corrected chi connectivity index (χ4v) is 6.65. The lowest BCUT2D eigenvalue weighted by molar-refractivity contribution is -0.132. The average Bonchev–Trinajstić information content (AvgIpc) is 3.63. The third-order valence-corrected chi connectivity index (χ3v) is 8.82. The number of fused-ring (bicyclic) bond motifs is 1. The van der Waals surface area contributed by atoms with E-state index in [1.54, 1.807) is 36.4 Å². The molecule has 1 saturated heterocycles. The summed E-state index contributed by atoms with van der Waals surface area (Å²) in [4.78, 5) is 27.9. The number of aromatic nitrogens is 2. The Hall–Kier alpha value is -4.09. The van der Waals surface area contributed by atoms with E-state index >= 15 is 4.39 Å². The molecule has 0 bridgehead atoms. The Morgan fingerprint density at radius 2 is 1.88 bits per heavy atom. The molecule has 6 rings (SSSR count). The van der Waals surface area contributed by atoms with Gasteiger partial charge < -0.3 is 9.84 Å². The summed E-state index contributed by atoms with van der Waals surface area (Å²) in [6, 6.07) is 15.6. The number of nitrogens with zero attached hydrogens (tertiary/aromatic N) is 3. The first-order valence-electron chi connectivity index (χ1n) is 12.4. The van der Waals surface area contributed by atoms with Crippen molar-refractivity contribution in [3.63, 3.8) is 0 Å². The maximum Gasteiger partial charge on any atom is 0.301 e. The van der Waals surface area contributed by atoms with Crippen LogP contribution in [0.3, 0.4) is 0 Å². The van der Waals surface area contributed by atoms with Crippen LogP contribution in [0.2, 0.25) is 0 Å². The highest BCUT2D eigenvalue weighted by molar-refractivity contribution is 8.00. The Morgan fingerprint density at radius 1 is 1.10 bits per heavy atom. The minimum atomic E-state index is -1.26. The van der Waals surface area contributed by atoms with Gasteiger partial charge in [0.15, 0.2) is 4.34 Å². The minimum absolute atomic E-state index is 0.0242. The normalized spacial score (nSPS) is 19.6. The number of aliphatic hydroxyl groups excluding tert-OH is 1. The minimum Gasteiger partial charge on any atom is -0.507 e. The number of anilines is 1. The van der Waals surface area contributed by atoms with Gasteiger partial charge in [0, 0.05) is 23.3 Å². The van der Waals surface area contributed by atoms with Crippen molar-refractivity contribution in [2.24, 2.45) is 0 Å². The first-order chi connectivity index (χ1) is 19.3. The van der Waals surface area contributed by atoms with Gasteiger partial charge in [-0.3, -0.25) is 14.5 Å². The standard InChI is InChI=1S/C29H21F2N3O4S2/c1-15-12-18-13-17(8-11-22(18)38-15)25(35)23-24(20-4-2-3-5-21(20)31)34(27(37)26(23)36)28-32-33-29(40-28)39-14-16-6-9-19(30)10-7-16/h2-11,13,15,24,35H,12,14H2,1H3/b25-23+. The molecular weight excluding hydrogens is 556 g/mol. The molecule has 3 heterocycles. The van der Waals surface area contributed by atoms with Crippen LogP contribution >= 0.6 is 23.1 Å². The van der Waals surface area contributed by atoms with Crippen LogP contribution < -0.4 is 9.64 Å². The molecule has 0 spiro atoms. The van der Waals surface area contributed by atoms with Gasteiger partial charge in [0.05, 0.1) is 5.57 Å². The number of hydrogen-bond donors (Lipinski definition) is 1. The van der Waals surface area contributed by atoms with Crippen molar-refractivity contribution >= 4 is 45.7 Å². The molecule has 2 aliphatic heterocycles. The number of thioether (sulfide) groups is 1. The third kappa shape index (κ3) is 4.75. The number of rotatable bonds is 6. The number of Topliss-reactive ketones (excluding diaryl/α,β-unsaturated/α-hetero) is 1. The lowest BCUT2D eigenvalue weighted by Gasteiger charge is -2.22. The molecule has 0 radical (unpaired) electrons. The van der Waals surface area contributed by atoms with Crippen LogP contribution in [0.1, 0.15) is 35.2 Å². The molecule has 1 amide bonds. The molecule has 1 fully saturated rings. The fourth-order valence-electron chi connectivity index (χ4n) is 4.83. The van der Waals surface area contributed by atoms with Gasteiger partial charge in [-0.25, -0.2) is 8.78 Å². The second-order valence-electron chi connectivity index (χ2n) is 9.41. The molecule has 7 nitrogen and oxygen atoms in total. The van der Waals surface area contributed by atoms with Crippen molar-refractivity contribution in [2.75, 3.05) is 4.90 Å². The molecule has 11 heteroatoms. The van der Waals surface area contributed by atoms with Crippen molar-refractivity contribution in [2.45, 2.75) is 35.6 Å². The Bertz CT molecular complexity index is 1670. The van der Waals surface area contributed by atoms with Crippen LogP contribution in [0.5, 0.6) is 5.75 Å². The zero-order valence-corrected chi connectivity index (χ0v) is 22.6. The summed E-state index contributed by atoms with van der Waals surface area (Å²) in [5.41, 5.74) is 1.85. The van der Waals surface area contributed by atoms with Crippen LogP contribution in [-0.4, -0.2) is 33.1 Å². The molecule has 2 unspecified atom stereocenters. The first-order valence-corrected chi connectivity index (χ1v) is 14.2. The van der Waals surface area contributed by atoms with Crippen molar-refractivity contribution < 1.29 is 28.2 Å². The van der Waals surface area contributed by atoms with Crippen LogP contribution in [0.25, 0.3) is 5.76 Å². The predicted molar refractivity (Wildman–Crippen MR) is 147 cm³/mol. The number of ketones is 1. The molecule has 0 aliphatic carbocycles. The smallest absolute Gasteiger partial charge is 0.301 e. The summed E-state index contributed by atoms with van der Waals surface area (Å²) >= 11 is 2.39. The highest BCUT2D eigenvalue weighted by Crippen LogP contribution is 2.45. The van der Waals surface area contributed by atoms with E-state index in [1.165, 1.54) is 42.1 Å². The largest absolute Gasteiger partial charge is 0.507 e. The van der Waals surface area contributed by atoms with E-state index in [2.05, 4.69) is 10.2 Å². The van der Waals surface area contributed by atoms with E-state index in [-0.39, 0.29) is 28.2 Å². The molecule has 1 N–H and O–H groups in total. The Morgan fingerprint density at radius 3 is 2.65 bits per heavy atom. The lowest BCUT2D eigenvalue weighted by atomic mass is 9.94. The number of carbonyl (C=O) groups excluding carboxylic acids is 2. The number of ether oxygens (including phenoxy) is 1. The van der Waals surface area contributed by atoms with Crippen LogP contribution in [-0.2, 0) is 21.8 Å². The summed E-state index contributed by atoms with van der Waals surface area (Å²) in [7, 11) is 0. The molecular formula is C29H21F2N3O4S2. The fraction of sp³-hybridized carbons (Fsp3) is 0.172. The number of carbonyl (C=O) groups is 2. The molecule has 40 heavy (non-hydrogen) atoms. The molecule has 1 aromatic heterocycles. The quantitative estimate of drug-likeness (QED) is 0.0980. The van der Waals surface area contributed by atoms with Crippen molar-refractivity contribution in [1.29, 1.82) is 0 Å². The second-order valence-corrected chi connectivity index (χ2v) is 11.6. The van der Waals surface area contributed by atoms with Crippen molar-refractivity contribution in [3.05, 3.63) is 106 Å². The predicted octanol–water partition coefficient (Wildman–Crippen LogP) is 6.06. The zero-order valence-electron chi connectivity index (χ0n) is 21.0. The van der Waals surface area contributed by atoms with E-state index in [9.17, 15) is 19.1 Å². The number of benzene rings is 3. The van der Waals surface area contributed by atoms with Gasteiger partial charge in [-0.05, 0) is 54.4 Å². The number of halogens is 2. The molecule has 2 atom stereocenters. The first kappa shape index (κ1) is 26.1. The van der Waals surface area contributed by atoms with Crippen molar-refractivity contribution in [1.82, 2.24) is 10.2 Å². The molecule has 202 valence electrons. The molecule has 0 saturated carbocycles. The molecule has 4 aromatic rings. The molecule has 2 aliphatic rings. The van der Waals surface area contributed by atoms with Crippen LogP contribution in [0.15, 0.2) is 76.6 Å². The van der Waals surface area contributed by atoms with E-state index in [4.69, 9.17) is 4.74 Å². The van der Waals surface area contributed by atoms with Gasteiger partial charge in [0.25, 0.3) is 5.78 Å². The Balaban J connectivity index is 1.39.